The second kappa shape index (κ2) is 4.90. The van der Waals surface area contributed by atoms with Gasteiger partial charge in [-0.25, -0.2) is 0 Å². The van der Waals surface area contributed by atoms with Crippen molar-refractivity contribution in [1.82, 2.24) is 0 Å². The van der Waals surface area contributed by atoms with Gasteiger partial charge < -0.3 is 9.97 Å². The van der Waals surface area contributed by atoms with Crippen molar-refractivity contribution in [2.24, 2.45) is 0 Å². The van der Waals surface area contributed by atoms with E-state index in [9.17, 15) is 4.79 Å². The van der Waals surface area contributed by atoms with Crippen LogP contribution in [0.4, 0.5) is 5.69 Å². The molecule has 0 spiro atoms. The lowest BCUT2D eigenvalue weighted by Crippen LogP contribution is -2.16. The lowest BCUT2D eigenvalue weighted by molar-refractivity contribution is 0.102. The number of hydrogen-bond donors (Lipinski definition) is 1. The summed E-state index contributed by atoms with van der Waals surface area (Å²) in [6.45, 7) is 2.58. The number of rotatable bonds is 2. The normalized spacial score (nSPS) is 12.7. The summed E-state index contributed by atoms with van der Waals surface area (Å²) >= 11 is 0. The molecule has 1 aliphatic rings. The molecule has 0 aliphatic carbocycles. The van der Waals surface area contributed by atoms with Gasteiger partial charge in [-0.2, -0.15) is 0 Å². The van der Waals surface area contributed by atoms with Crippen molar-refractivity contribution in [3.8, 4) is 0 Å². The van der Waals surface area contributed by atoms with Gasteiger partial charge in [0, 0.05) is 11.3 Å². The van der Waals surface area contributed by atoms with Gasteiger partial charge in [0.25, 0.3) is 5.91 Å². The van der Waals surface area contributed by atoms with E-state index < -0.39 is 0 Å². The molecule has 1 aliphatic heterocycles. The van der Waals surface area contributed by atoms with E-state index >= 15 is 0 Å². The Morgan fingerprint density at radius 3 is 3.00 bits per heavy atom. The molecule has 0 saturated heterocycles. The number of hydrogen-bond acceptors (Lipinski definition) is 2. The van der Waals surface area contributed by atoms with Gasteiger partial charge in [0.05, 0.1) is 6.61 Å². The number of carbonyl (C=O) groups excluding carboxylic acids is 1. The molecule has 4 heteroatoms. The molecule has 0 fully saturated rings. The third-order valence-electron chi connectivity index (χ3n) is 3.13. The molecule has 2 aromatic carbocycles. The lowest BCUT2D eigenvalue weighted by atomic mass is 9.87. The number of amides is 1. The molecule has 1 amide bonds. The van der Waals surface area contributed by atoms with E-state index in [2.05, 4.69) is 5.32 Å². The largest absolute Gasteiger partial charge is 0.430 e. The summed E-state index contributed by atoms with van der Waals surface area (Å²) in [6.07, 6.45) is 0. The third kappa shape index (κ3) is 2.54. The van der Waals surface area contributed by atoms with E-state index in [1.807, 2.05) is 49.4 Å². The smallest absolute Gasteiger partial charge is 0.330 e. The Morgan fingerprint density at radius 1 is 1.26 bits per heavy atom. The first kappa shape index (κ1) is 12.0. The van der Waals surface area contributed by atoms with Gasteiger partial charge in [-0.15, -0.1) is 0 Å². The Balaban J connectivity index is 1.80. The Labute approximate surface area is 112 Å². The standard InChI is InChI=1S/C15H13BNO2/c1-10-3-2-4-11(7-10)15(18)17-13-6-5-12-9-19-16-14(12)8-13/h2-8H,9H2,1H3,(H,17,18). The molecule has 93 valence electrons. The maximum absolute atomic E-state index is 12.1. The van der Waals surface area contributed by atoms with Crippen LogP contribution in [0.3, 0.4) is 0 Å². The minimum atomic E-state index is -0.0948. The average molecular weight is 250 g/mol. The SMILES string of the molecule is Cc1cccc(C(=O)Nc2ccc3c(c2)[B]OC3)c1. The number of nitrogens with one attached hydrogen (secondary N) is 1. The second-order valence-corrected chi connectivity index (χ2v) is 4.67. The van der Waals surface area contributed by atoms with Crippen molar-refractivity contribution in [2.75, 3.05) is 5.32 Å². The molecule has 0 unspecified atom stereocenters. The highest BCUT2D eigenvalue weighted by atomic mass is 16.4. The summed E-state index contributed by atoms with van der Waals surface area (Å²) in [7, 11) is 1.72. The van der Waals surface area contributed by atoms with Crippen molar-refractivity contribution < 1.29 is 9.45 Å². The van der Waals surface area contributed by atoms with Gasteiger partial charge in [-0.1, -0.05) is 23.8 Å². The van der Waals surface area contributed by atoms with E-state index in [0.717, 1.165) is 22.3 Å². The fourth-order valence-electron chi connectivity index (χ4n) is 2.12. The quantitative estimate of drug-likeness (QED) is 0.828. The summed E-state index contributed by atoms with van der Waals surface area (Å²) in [5.41, 5.74) is 4.70. The Morgan fingerprint density at radius 2 is 2.16 bits per heavy atom. The second-order valence-electron chi connectivity index (χ2n) is 4.67. The molecule has 0 aromatic heterocycles. The van der Waals surface area contributed by atoms with Crippen LogP contribution in [0.5, 0.6) is 0 Å². The Kier molecular flexibility index (Phi) is 3.09. The number of anilines is 1. The van der Waals surface area contributed by atoms with E-state index in [1.54, 1.807) is 7.48 Å². The first-order chi connectivity index (χ1) is 9.22. The first-order valence-electron chi connectivity index (χ1n) is 6.18. The van der Waals surface area contributed by atoms with Crippen LogP contribution in [-0.4, -0.2) is 13.4 Å². The zero-order valence-electron chi connectivity index (χ0n) is 10.6. The topological polar surface area (TPSA) is 38.3 Å². The Bertz CT molecular complexity index is 640. The van der Waals surface area contributed by atoms with Crippen LogP contribution in [0.15, 0.2) is 42.5 Å². The monoisotopic (exact) mass is 250 g/mol. The van der Waals surface area contributed by atoms with Crippen molar-refractivity contribution in [1.29, 1.82) is 0 Å². The molecule has 3 rings (SSSR count). The molecule has 1 N–H and O–H groups in total. The number of fused-ring (bicyclic) bond motifs is 1. The highest BCUT2D eigenvalue weighted by Crippen LogP contribution is 2.13. The number of aryl methyl sites for hydroxylation is 1. The predicted molar refractivity (Wildman–Crippen MR) is 75.8 cm³/mol. The van der Waals surface area contributed by atoms with Crippen LogP contribution in [0.1, 0.15) is 21.5 Å². The summed E-state index contributed by atoms with van der Waals surface area (Å²) in [4.78, 5) is 12.1. The Hall–Kier alpha value is -2.07. The summed E-state index contributed by atoms with van der Waals surface area (Å²) in [5.74, 6) is -0.0948. The molecule has 2 aromatic rings. The van der Waals surface area contributed by atoms with Crippen LogP contribution < -0.4 is 10.8 Å². The average Bonchev–Trinajstić information content (AvgIpc) is 2.86. The maximum Gasteiger partial charge on any atom is 0.330 e. The molecule has 0 saturated carbocycles. The van der Waals surface area contributed by atoms with Crippen molar-refractivity contribution in [2.45, 2.75) is 13.5 Å². The molecular formula is C15H13BNO2. The highest BCUT2D eigenvalue weighted by Gasteiger charge is 2.14. The molecule has 0 bridgehead atoms. The van der Waals surface area contributed by atoms with E-state index in [-0.39, 0.29) is 5.91 Å². The maximum atomic E-state index is 12.1. The van der Waals surface area contributed by atoms with Crippen LogP contribution in [0.2, 0.25) is 0 Å². The fourth-order valence-corrected chi connectivity index (χ4v) is 2.12. The predicted octanol–water partition coefficient (Wildman–Crippen LogP) is 2.02. The minimum Gasteiger partial charge on any atom is -0.430 e. The number of benzene rings is 2. The molecule has 1 heterocycles. The van der Waals surface area contributed by atoms with Crippen LogP contribution in [0, 0.1) is 6.92 Å². The fraction of sp³-hybridized carbons (Fsp3) is 0.133. The van der Waals surface area contributed by atoms with Gasteiger partial charge >= 0.3 is 7.48 Å². The molecule has 1 radical (unpaired) electrons. The van der Waals surface area contributed by atoms with Crippen LogP contribution in [0.25, 0.3) is 0 Å². The molecule has 3 nitrogen and oxygen atoms in total. The summed E-state index contributed by atoms with van der Waals surface area (Å²) < 4.78 is 5.24. The van der Waals surface area contributed by atoms with Crippen molar-refractivity contribution in [3.05, 3.63) is 59.2 Å². The van der Waals surface area contributed by atoms with Crippen molar-refractivity contribution in [3.63, 3.8) is 0 Å². The summed E-state index contributed by atoms with van der Waals surface area (Å²) in [5, 5.41) is 2.90. The van der Waals surface area contributed by atoms with Crippen LogP contribution >= 0.6 is 0 Å². The highest BCUT2D eigenvalue weighted by molar-refractivity contribution is 6.49. The molecule has 0 atom stereocenters. The van der Waals surface area contributed by atoms with Gasteiger partial charge in [-0.3, -0.25) is 4.79 Å². The molecular weight excluding hydrogens is 237 g/mol. The zero-order valence-corrected chi connectivity index (χ0v) is 10.6. The van der Waals surface area contributed by atoms with Gasteiger partial charge in [0.1, 0.15) is 0 Å². The third-order valence-corrected chi connectivity index (χ3v) is 3.13. The minimum absolute atomic E-state index is 0.0948. The summed E-state index contributed by atoms with van der Waals surface area (Å²) in [6, 6.07) is 13.3. The van der Waals surface area contributed by atoms with E-state index in [4.69, 9.17) is 4.65 Å². The van der Waals surface area contributed by atoms with Crippen LogP contribution in [-0.2, 0) is 11.3 Å². The van der Waals surface area contributed by atoms with E-state index in [1.165, 1.54) is 0 Å². The first-order valence-corrected chi connectivity index (χ1v) is 6.18. The van der Waals surface area contributed by atoms with Crippen molar-refractivity contribution >= 4 is 24.5 Å². The molecule has 19 heavy (non-hydrogen) atoms. The zero-order chi connectivity index (χ0) is 13.2. The van der Waals surface area contributed by atoms with Gasteiger partial charge in [0.2, 0.25) is 0 Å². The van der Waals surface area contributed by atoms with E-state index in [0.29, 0.717) is 12.2 Å². The number of carbonyl (C=O) groups is 1. The van der Waals surface area contributed by atoms with Gasteiger partial charge in [-0.05, 0) is 42.2 Å². The lowest BCUT2D eigenvalue weighted by Gasteiger charge is -2.07. The van der Waals surface area contributed by atoms with Gasteiger partial charge in [0.15, 0.2) is 0 Å².